The van der Waals surface area contributed by atoms with Gasteiger partial charge in [-0.05, 0) is 37.4 Å². The minimum atomic E-state index is 0.244. The molecule has 84 valence electrons. The maximum Gasteiger partial charge on any atom is 0.126 e. The van der Waals surface area contributed by atoms with Gasteiger partial charge in [0.2, 0.25) is 0 Å². The third kappa shape index (κ3) is 2.63. The molecule has 15 heavy (non-hydrogen) atoms. The van der Waals surface area contributed by atoms with Crippen LogP contribution in [0, 0.1) is 6.92 Å². The normalized spacial score (nSPS) is 12.5. The number of benzene rings is 1. The van der Waals surface area contributed by atoms with Gasteiger partial charge in [0.05, 0.1) is 7.11 Å². The average molecular weight is 209 g/mol. The summed E-state index contributed by atoms with van der Waals surface area (Å²) >= 11 is 0. The van der Waals surface area contributed by atoms with Gasteiger partial charge in [0, 0.05) is 11.6 Å². The molecule has 0 aliphatic rings. The molecular formula is C12H19NO2. The predicted octanol–water partition coefficient (Wildman–Crippen LogP) is 2.16. The van der Waals surface area contributed by atoms with Crippen molar-refractivity contribution in [1.29, 1.82) is 0 Å². The van der Waals surface area contributed by atoms with E-state index in [1.807, 2.05) is 6.92 Å². The van der Waals surface area contributed by atoms with E-state index < -0.39 is 0 Å². The summed E-state index contributed by atoms with van der Waals surface area (Å²) in [5, 5.41) is 9.46. The Morgan fingerprint density at radius 1 is 1.47 bits per heavy atom. The molecule has 3 N–H and O–H groups in total. The fourth-order valence-electron chi connectivity index (χ4n) is 1.94. The number of methoxy groups -OCH3 is 1. The topological polar surface area (TPSA) is 55.5 Å². The second kappa shape index (κ2) is 5.03. The van der Waals surface area contributed by atoms with Gasteiger partial charge in [-0.2, -0.15) is 0 Å². The molecule has 1 rings (SSSR count). The number of hydrogen-bond donors (Lipinski definition) is 2. The molecule has 0 spiro atoms. The van der Waals surface area contributed by atoms with E-state index in [1.165, 1.54) is 0 Å². The highest BCUT2D eigenvalue weighted by Gasteiger charge is 2.14. The van der Waals surface area contributed by atoms with Crippen molar-refractivity contribution in [2.45, 2.75) is 26.2 Å². The van der Waals surface area contributed by atoms with Gasteiger partial charge in [0.25, 0.3) is 0 Å². The van der Waals surface area contributed by atoms with E-state index in [-0.39, 0.29) is 5.75 Å². The minimum Gasteiger partial charge on any atom is -0.508 e. The molecule has 0 saturated heterocycles. The van der Waals surface area contributed by atoms with Crippen LogP contribution in [-0.4, -0.2) is 18.8 Å². The number of rotatable bonds is 4. The first kappa shape index (κ1) is 11.9. The first-order valence-corrected chi connectivity index (χ1v) is 5.17. The lowest BCUT2D eigenvalue weighted by molar-refractivity contribution is 0.398. The molecule has 0 aliphatic heterocycles. The number of hydrogen-bond acceptors (Lipinski definition) is 3. The third-order valence-electron chi connectivity index (χ3n) is 2.65. The number of phenolic OH excluding ortho intramolecular Hbond substituents is 1. The molecule has 0 radical (unpaired) electrons. The van der Waals surface area contributed by atoms with Crippen molar-refractivity contribution in [2.75, 3.05) is 13.7 Å². The van der Waals surface area contributed by atoms with Gasteiger partial charge in [-0.1, -0.05) is 6.92 Å². The van der Waals surface area contributed by atoms with Crippen LogP contribution >= 0.6 is 0 Å². The van der Waals surface area contributed by atoms with Gasteiger partial charge in [0.15, 0.2) is 0 Å². The maximum absolute atomic E-state index is 9.46. The fraction of sp³-hybridized carbons (Fsp3) is 0.500. The molecule has 1 aromatic carbocycles. The molecule has 3 nitrogen and oxygen atoms in total. The first-order valence-electron chi connectivity index (χ1n) is 5.17. The van der Waals surface area contributed by atoms with Gasteiger partial charge in [-0.15, -0.1) is 0 Å². The SMILES string of the molecule is COc1cc(O)cc(C)c1C(C)CCN. The summed E-state index contributed by atoms with van der Waals surface area (Å²) in [5.74, 6) is 1.34. The highest BCUT2D eigenvalue weighted by atomic mass is 16.5. The highest BCUT2D eigenvalue weighted by molar-refractivity contribution is 5.47. The Morgan fingerprint density at radius 3 is 2.67 bits per heavy atom. The minimum absolute atomic E-state index is 0.244. The Bertz CT molecular complexity index is 337. The van der Waals surface area contributed by atoms with Crippen LogP contribution in [0.3, 0.4) is 0 Å². The van der Waals surface area contributed by atoms with E-state index in [9.17, 15) is 5.11 Å². The van der Waals surface area contributed by atoms with Crippen molar-refractivity contribution in [3.63, 3.8) is 0 Å². The molecule has 0 heterocycles. The summed E-state index contributed by atoms with van der Waals surface area (Å²) in [6.45, 7) is 4.75. The van der Waals surface area contributed by atoms with Crippen LogP contribution in [0.1, 0.15) is 30.4 Å². The quantitative estimate of drug-likeness (QED) is 0.799. The summed E-state index contributed by atoms with van der Waals surface area (Å²) < 4.78 is 5.27. The van der Waals surface area contributed by atoms with E-state index in [2.05, 4.69) is 6.92 Å². The molecule has 0 aliphatic carbocycles. The van der Waals surface area contributed by atoms with Crippen molar-refractivity contribution in [3.8, 4) is 11.5 Å². The highest BCUT2D eigenvalue weighted by Crippen LogP contribution is 2.34. The Balaban J connectivity index is 3.14. The molecule has 1 atom stereocenters. The predicted molar refractivity (Wildman–Crippen MR) is 61.5 cm³/mol. The number of phenols is 1. The molecule has 3 heteroatoms. The number of aryl methyl sites for hydroxylation is 1. The summed E-state index contributed by atoms with van der Waals surface area (Å²) in [6.07, 6.45) is 0.919. The van der Waals surface area contributed by atoms with Crippen LogP contribution in [0.5, 0.6) is 11.5 Å². The Labute approximate surface area is 90.9 Å². The van der Waals surface area contributed by atoms with Crippen LogP contribution < -0.4 is 10.5 Å². The van der Waals surface area contributed by atoms with E-state index >= 15 is 0 Å². The van der Waals surface area contributed by atoms with Crippen molar-refractivity contribution < 1.29 is 9.84 Å². The van der Waals surface area contributed by atoms with E-state index in [1.54, 1.807) is 19.2 Å². The van der Waals surface area contributed by atoms with Crippen LogP contribution in [-0.2, 0) is 0 Å². The third-order valence-corrected chi connectivity index (χ3v) is 2.65. The monoisotopic (exact) mass is 209 g/mol. The average Bonchev–Trinajstić information content (AvgIpc) is 2.16. The van der Waals surface area contributed by atoms with Crippen molar-refractivity contribution in [2.24, 2.45) is 5.73 Å². The second-order valence-corrected chi connectivity index (χ2v) is 3.86. The van der Waals surface area contributed by atoms with Gasteiger partial charge in [-0.3, -0.25) is 0 Å². The van der Waals surface area contributed by atoms with Crippen molar-refractivity contribution in [3.05, 3.63) is 23.3 Å². The Kier molecular flexibility index (Phi) is 3.97. The molecule has 0 saturated carbocycles. The zero-order chi connectivity index (χ0) is 11.4. The van der Waals surface area contributed by atoms with Crippen LogP contribution in [0.4, 0.5) is 0 Å². The standard InChI is InChI=1S/C12H19NO2/c1-8(4-5-13)12-9(2)6-10(14)7-11(12)15-3/h6-8,14H,4-5,13H2,1-3H3. The lowest BCUT2D eigenvalue weighted by Crippen LogP contribution is -2.07. The van der Waals surface area contributed by atoms with Crippen molar-refractivity contribution >= 4 is 0 Å². The summed E-state index contributed by atoms with van der Waals surface area (Å²) in [5.41, 5.74) is 7.74. The molecule has 0 amide bonds. The van der Waals surface area contributed by atoms with E-state index in [0.29, 0.717) is 12.5 Å². The van der Waals surface area contributed by atoms with Crippen LogP contribution in [0.2, 0.25) is 0 Å². The summed E-state index contributed by atoms with van der Waals surface area (Å²) in [6, 6.07) is 3.40. The number of nitrogens with two attached hydrogens (primary N) is 1. The van der Waals surface area contributed by atoms with Crippen LogP contribution in [0.25, 0.3) is 0 Å². The molecule has 0 fully saturated rings. The lowest BCUT2D eigenvalue weighted by atomic mass is 9.92. The molecule has 0 aromatic heterocycles. The van der Waals surface area contributed by atoms with Gasteiger partial charge < -0.3 is 15.6 Å². The molecule has 1 aromatic rings. The maximum atomic E-state index is 9.46. The molecule has 1 unspecified atom stereocenters. The number of ether oxygens (including phenoxy) is 1. The summed E-state index contributed by atoms with van der Waals surface area (Å²) in [4.78, 5) is 0. The largest absolute Gasteiger partial charge is 0.508 e. The van der Waals surface area contributed by atoms with Crippen molar-refractivity contribution in [1.82, 2.24) is 0 Å². The lowest BCUT2D eigenvalue weighted by Gasteiger charge is -2.18. The molecular weight excluding hydrogens is 190 g/mol. The number of aromatic hydroxyl groups is 1. The van der Waals surface area contributed by atoms with Gasteiger partial charge in [-0.25, -0.2) is 0 Å². The molecule has 0 bridgehead atoms. The van der Waals surface area contributed by atoms with Gasteiger partial charge >= 0.3 is 0 Å². The summed E-state index contributed by atoms with van der Waals surface area (Å²) in [7, 11) is 1.62. The smallest absolute Gasteiger partial charge is 0.126 e. The van der Waals surface area contributed by atoms with Crippen LogP contribution in [0.15, 0.2) is 12.1 Å². The zero-order valence-corrected chi connectivity index (χ0v) is 9.58. The van der Waals surface area contributed by atoms with Gasteiger partial charge in [0.1, 0.15) is 11.5 Å². The van der Waals surface area contributed by atoms with E-state index in [4.69, 9.17) is 10.5 Å². The Morgan fingerprint density at radius 2 is 2.13 bits per heavy atom. The van der Waals surface area contributed by atoms with E-state index in [0.717, 1.165) is 23.3 Å². The zero-order valence-electron chi connectivity index (χ0n) is 9.58. The Hall–Kier alpha value is -1.22. The second-order valence-electron chi connectivity index (χ2n) is 3.86. The fourth-order valence-corrected chi connectivity index (χ4v) is 1.94. The first-order chi connectivity index (χ1) is 7.10.